The van der Waals surface area contributed by atoms with E-state index in [1.54, 1.807) is 0 Å². The Balaban J connectivity index is 3.22. The standard InChI is InChI=1S/C8H7BrFNO3/c9-4-1-3(7(11)8(13)14)6(12)2-5(4)10/h1-2,7,12H,11H2,(H,13,14)/t7-/m0/s1. The lowest BCUT2D eigenvalue weighted by Gasteiger charge is -2.09. The summed E-state index contributed by atoms with van der Waals surface area (Å²) in [7, 11) is 0. The molecule has 0 saturated carbocycles. The molecular formula is C8H7BrFNO3. The van der Waals surface area contributed by atoms with Crippen LogP contribution < -0.4 is 5.73 Å². The molecule has 4 nitrogen and oxygen atoms in total. The van der Waals surface area contributed by atoms with Gasteiger partial charge in [0, 0.05) is 11.6 Å². The molecule has 0 aromatic heterocycles. The van der Waals surface area contributed by atoms with Gasteiger partial charge in [0.1, 0.15) is 17.6 Å². The Labute approximate surface area is 87.3 Å². The molecule has 0 amide bonds. The van der Waals surface area contributed by atoms with Gasteiger partial charge in [-0.15, -0.1) is 0 Å². The first-order valence-electron chi connectivity index (χ1n) is 3.59. The van der Waals surface area contributed by atoms with E-state index in [0.29, 0.717) is 0 Å². The summed E-state index contributed by atoms with van der Waals surface area (Å²) in [6, 6.07) is 0.581. The highest BCUT2D eigenvalue weighted by Gasteiger charge is 2.19. The van der Waals surface area contributed by atoms with Gasteiger partial charge in [0.2, 0.25) is 0 Å². The third kappa shape index (κ3) is 2.02. The van der Waals surface area contributed by atoms with Crippen LogP contribution in [0.4, 0.5) is 4.39 Å². The highest BCUT2D eigenvalue weighted by atomic mass is 79.9. The van der Waals surface area contributed by atoms with Crippen LogP contribution in [-0.2, 0) is 4.79 Å². The number of halogens is 2. The van der Waals surface area contributed by atoms with Gasteiger partial charge in [-0.1, -0.05) is 0 Å². The van der Waals surface area contributed by atoms with Crippen LogP contribution in [0.2, 0.25) is 0 Å². The van der Waals surface area contributed by atoms with E-state index in [0.717, 1.165) is 12.1 Å². The maximum absolute atomic E-state index is 12.8. The number of phenolic OH excluding ortho intramolecular Hbond substituents is 1. The quantitative estimate of drug-likeness (QED) is 0.753. The van der Waals surface area contributed by atoms with Gasteiger partial charge in [-0.3, -0.25) is 4.79 Å². The summed E-state index contributed by atoms with van der Waals surface area (Å²) in [6.45, 7) is 0. The molecule has 0 spiro atoms. The molecule has 1 atom stereocenters. The summed E-state index contributed by atoms with van der Waals surface area (Å²) in [6.07, 6.45) is 0. The number of carboxylic acid groups (broad SMARTS) is 1. The van der Waals surface area contributed by atoms with Crippen molar-refractivity contribution >= 4 is 21.9 Å². The van der Waals surface area contributed by atoms with E-state index in [9.17, 15) is 14.3 Å². The number of nitrogens with two attached hydrogens (primary N) is 1. The van der Waals surface area contributed by atoms with Crippen LogP contribution in [0.25, 0.3) is 0 Å². The van der Waals surface area contributed by atoms with Crippen molar-refractivity contribution in [1.29, 1.82) is 0 Å². The molecule has 4 N–H and O–H groups in total. The van der Waals surface area contributed by atoms with Crippen molar-refractivity contribution in [3.05, 3.63) is 28.0 Å². The molecule has 76 valence electrons. The molecule has 1 rings (SSSR count). The second-order valence-electron chi connectivity index (χ2n) is 2.64. The average molecular weight is 264 g/mol. The van der Waals surface area contributed by atoms with E-state index in [1.165, 1.54) is 0 Å². The number of hydrogen-bond donors (Lipinski definition) is 3. The van der Waals surface area contributed by atoms with Crippen LogP contribution in [0.15, 0.2) is 16.6 Å². The lowest BCUT2D eigenvalue weighted by Crippen LogP contribution is -2.20. The van der Waals surface area contributed by atoms with Gasteiger partial charge in [-0.2, -0.15) is 0 Å². The summed E-state index contributed by atoms with van der Waals surface area (Å²) in [5.41, 5.74) is 5.22. The Morgan fingerprint density at radius 1 is 1.57 bits per heavy atom. The monoisotopic (exact) mass is 263 g/mol. The third-order valence-corrected chi connectivity index (χ3v) is 2.28. The first-order chi connectivity index (χ1) is 6.43. The van der Waals surface area contributed by atoms with Gasteiger partial charge in [-0.05, 0) is 22.0 Å². The zero-order chi connectivity index (χ0) is 10.9. The zero-order valence-electron chi connectivity index (χ0n) is 6.87. The smallest absolute Gasteiger partial charge is 0.325 e. The molecule has 0 bridgehead atoms. The number of benzene rings is 1. The Morgan fingerprint density at radius 3 is 2.64 bits per heavy atom. The van der Waals surface area contributed by atoms with Crippen LogP contribution in [-0.4, -0.2) is 16.2 Å². The summed E-state index contributed by atoms with van der Waals surface area (Å²) in [5.74, 6) is -2.44. The first-order valence-corrected chi connectivity index (χ1v) is 4.39. The zero-order valence-corrected chi connectivity index (χ0v) is 8.45. The van der Waals surface area contributed by atoms with E-state index < -0.39 is 23.6 Å². The van der Waals surface area contributed by atoms with Crippen LogP contribution in [0.1, 0.15) is 11.6 Å². The van der Waals surface area contributed by atoms with Crippen molar-refractivity contribution in [2.45, 2.75) is 6.04 Å². The maximum Gasteiger partial charge on any atom is 0.325 e. The minimum atomic E-state index is -1.37. The summed E-state index contributed by atoms with van der Waals surface area (Å²) in [4.78, 5) is 10.5. The molecule has 0 fully saturated rings. The van der Waals surface area contributed by atoms with Crippen LogP contribution in [0.3, 0.4) is 0 Å². The van der Waals surface area contributed by atoms with E-state index in [-0.39, 0.29) is 10.0 Å². The van der Waals surface area contributed by atoms with E-state index in [4.69, 9.17) is 10.8 Å². The van der Waals surface area contributed by atoms with E-state index in [1.807, 2.05) is 0 Å². The number of phenols is 1. The van der Waals surface area contributed by atoms with Crippen LogP contribution in [0, 0.1) is 5.82 Å². The first kappa shape index (κ1) is 10.9. The largest absolute Gasteiger partial charge is 0.507 e. The molecule has 0 aliphatic heterocycles. The molecule has 0 radical (unpaired) electrons. The lowest BCUT2D eigenvalue weighted by molar-refractivity contribution is -0.138. The van der Waals surface area contributed by atoms with Crippen molar-refractivity contribution in [3.63, 3.8) is 0 Å². The molecule has 6 heteroatoms. The number of rotatable bonds is 2. The van der Waals surface area contributed by atoms with Crippen molar-refractivity contribution in [1.82, 2.24) is 0 Å². The molecule has 0 saturated heterocycles. The minimum Gasteiger partial charge on any atom is -0.507 e. The fourth-order valence-corrected chi connectivity index (χ4v) is 1.29. The maximum atomic E-state index is 12.8. The highest BCUT2D eigenvalue weighted by molar-refractivity contribution is 9.10. The number of aromatic hydroxyl groups is 1. The molecular weight excluding hydrogens is 257 g/mol. The van der Waals surface area contributed by atoms with Crippen molar-refractivity contribution in [2.24, 2.45) is 5.73 Å². The Hall–Kier alpha value is -1.14. The van der Waals surface area contributed by atoms with Gasteiger partial charge >= 0.3 is 5.97 Å². The second kappa shape index (κ2) is 3.93. The van der Waals surface area contributed by atoms with Crippen molar-refractivity contribution in [3.8, 4) is 5.75 Å². The normalized spacial score (nSPS) is 12.5. The topological polar surface area (TPSA) is 83.6 Å². The highest BCUT2D eigenvalue weighted by Crippen LogP contribution is 2.29. The summed E-state index contributed by atoms with van der Waals surface area (Å²) in [5, 5.41) is 17.8. The summed E-state index contributed by atoms with van der Waals surface area (Å²) >= 11 is 2.86. The predicted octanol–water partition coefficient (Wildman–Crippen LogP) is 1.38. The average Bonchev–Trinajstić information content (AvgIpc) is 2.10. The SMILES string of the molecule is N[C@H](C(=O)O)c1cc(Br)c(F)cc1O. The number of hydrogen-bond acceptors (Lipinski definition) is 3. The molecule has 0 heterocycles. The van der Waals surface area contributed by atoms with E-state index in [2.05, 4.69) is 15.9 Å². The molecule has 0 aliphatic rings. The Morgan fingerprint density at radius 2 is 2.14 bits per heavy atom. The van der Waals surface area contributed by atoms with Gasteiger partial charge in [0.05, 0.1) is 4.47 Å². The second-order valence-corrected chi connectivity index (χ2v) is 3.50. The molecule has 0 aliphatic carbocycles. The lowest BCUT2D eigenvalue weighted by atomic mass is 10.1. The molecule has 1 aromatic rings. The molecule has 14 heavy (non-hydrogen) atoms. The van der Waals surface area contributed by atoms with Crippen molar-refractivity contribution < 1.29 is 19.4 Å². The fourth-order valence-electron chi connectivity index (χ4n) is 0.934. The van der Waals surface area contributed by atoms with Gasteiger partial charge < -0.3 is 15.9 Å². The van der Waals surface area contributed by atoms with Crippen molar-refractivity contribution in [2.75, 3.05) is 0 Å². The number of carbonyl (C=O) groups is 1. The Kier molecular flexibility index (Phi) is 3.07. The third-order valence-electron chi connectivity index (χ3n) is 1.67. The molecule has 0 unspecified atom stereocenters. The number of aliphatic carboxylic acids is 1. The fraction of sp³-hybridized carbons (Fsp3) is 0.125. The number of carboxylic acids is 1. The van der Waals surface area contributed by atoms with Gasteiger partial charge in [0.25, 0.3) is 0 Å². The Bertz CT molecular complexity index is 383. The minimum absolute atomic E-state index is 0.0363. The van der Waals surface area contributed by atoms with Crippen LogP contribution in [0.5, 0.6) is 5.75 Å². The molecule has 1 aromatic carbocycles. The summed E-state index contributed by atoms with van der Waals surface area (Å²) < 4.78 is 12.9. The van der Waals surface area contributed by atoms with Gasteiger partial charge in [-0.25, -0.2) is 4.39 Å². The van der Waals surface area contributed by atoms with Crippen LogP contribution >= 0.6 is 15.9 Å². The predicted molar refractivity (Wildman–Crippen MR) is 50.3 cm³/mol. The van der Waals surface area contributed by atoms with Gasteiger partial charge in [0.15, 0.2) is 0 Å². The van der Waals surface area contributed by atoms with E-state index >= 15 is 0 Å².